The fraction of sp³-hybridized carbons (Fsp3) is 0.333. The van der Waals surface area contributed by atoms with Gasteiger partial charge in [-0.05, 0) is 38.5 Å². The Bertz CT molecular complexity index is 603. The van der Waals surface area contributed by atoms with E-state index in [9.17, 15) is 4.79 Å². The van der Waals surface area contributed by atoms with Gasteiger partial charge in [-0.3, -0.25) is 9.48 Å². The zero-order valence-corrected chi connectivity index (χ0v) is 12.0. The minimum absolute atomic E-state index is 0.0705. The topological polar surface area (TPSA) is 72.9 Å². The van der Waals surface area contributed by atoms with Gasteiger partial charge >= 0.3 is 0 Å². The Labute approximate surface area is 118 Å². The standard InChI is InChI=1S/C15H20N4O/c1-10(2)19-9-14(8-17-19)18-15(20)11(3)12-5-4-6-13(16)7-12/h4-11H,16H2,1-3H3,(H,18,20). The molecule has 106 valence electrons. The third-order valence-corrected chi connectivity index (χ3v) is 3.20. The first-order valence-corrected chi connectivity index (χ1v) is 6.68. The predicted molar refractivity (Wildman–Crippen MR) is 80.5 cm³/mol. The average molecular weight is 272 g/mol. The largest absolute Gasteiger partial charge is 0.399 e. The van der Waals surface area contributed by atoms with Gasteiger partial charge in [0, 0.05) is 17.9 Å². The summed E-state index contributed by atoms with van der Waals surface area (Å²) >= 11 is 0. The Balaban J connectivity index is 2.07. The molecule has 0 radical (unpaired) electrons. The molecule has 3 N–H and O–H groups in total. The third-order valence-electron chi connectivity index (χ3n) is 3.20. The smallest absolute Gasteiger partial charge is 0.231 e. The van der Waals surface area contributed by atoms with Gasteiger partial charge in [0.05, 0.1) is 17.8 Å². The van der Waals surface area contributed by atoms with Crippen molar-refractivity contribution in [2.24, 2.45) is 0 Å². The number of benzene rings is 1. The van der Waals surface area contributed by atoms with E-state index in [2.05, 4.69) is 10.4 Å². The summed E-state index contributed by atoms with van der Waals surface area (Å²) in [5, 5.41) is 7.07. The molecule has 1 amide bonds. The summed E-state index contributed by atoms with van der Waals surface area (Å²) in [6.07, 6.45) is 3.48. The van der Waals surface area contributed by atoms with Crippen LogP contribution in [-0.2, 0) is 4.79 Å². The molecule has 1 unspecified atom stereocenters. The number of nitrogens with one attached hydrogen (secondary N) is 1. The Hall–Kier alpha value is -2.30. The number of carbonyl (C=O) groups excluding carboxylic acids is 1. The molecule has 0 spiro atoms. The van der Waals surface area contributed by atoms with Crippen LogP contribution in [0, 0.1) is 0 Å². The van der Waals surface area contributed by atoms with Gasteiger partial charge in [-0.1, -0.05) is 12.1 Å². The van der Waals surface area contributed by atoms with Crippen LogP contribution in [0.1, 0.15) is 38.3 Å². The summed E-state index contributed by atoms with van der Waals surface area (Å²) in [4.78, 5) is 12.2. The highest BCUT2D eigenvalue weighted by Gasteiger charge is 2.16. The number of hydrogen-bond donors (Lipinski definition) is 2. The molecule has 2 aromatic rings. The van der Waals surface area contributed by atoms with Gasteiger partial charge in [-0.2, -0.15) is 5.10 Å². The molecule has 1 heterocycles. The molecule has 1 aromatic carbocycles. The van der Waals surface area contributed by atoms with Gasteiger partial charge in [-0.15, -0.1) is 0 Å². The van der Waals surface area contributed by atoms with E-state index in [1.54, 1.807) is 16.9 Å². The lowest BCUT2D eigenvalue weighted by atomic mass is 10.00. The highest BCUT2D eigenvalue weighted by Crippen LogP contribution is 2.20. The van der Waals surface area contributed by atoms with Crippen LogP contribution in [0.5, 0.6) is 0 Å². The molecule has 0 bridgehead atoms. The van der Waals surface area contributed by atoms with Gasteiger partial charge < -0.3 is 11.1 Å². The lowest BCUT2D eigenvalue weighted by molar-refractivity contribution is -0.117. The monoisotopic (exact) mass is 272 g/mol. The van der Waals surface area contributed by atoms with Crippen LogP contribution < -0.4 is 11.1 Å². The molecule has 0 aliphatic rings. The maximum atomic E-state index is 12.2. The van der Waals surface area contributed by atoms with Gasteiger partial charge in [0.1, 0.15) is 0 Å². The molecule has 20 heavy (non-hydrogen) atoms. The lowest BCUT2D eigenvalue weighted by Crippen LogP contribution is -2.18. The number of carbonyl (C=O) groups is 1. The normalized spacial score (nSPS) is 12.4. The van der Waals surface area contributed by atoms with Crippen LogP contribution in [0.2, 0.25) is 0 Å². The van der Waals surface area contributed by atoms with Crippen molar-refractivity contribution < 1.29 is 4.79 Å². The van der Waals surface area contributed by atoms with Crippen LogP contribution in [0.15, 0.2) is 36.7 Å². The Morgan fingerprint density at radius 2 is 2.10 bits per heavy atom. The van der Waals surface area contributed by atoms with Crippen LogP contribution >= 0.6 is 0 Å². The van der Waals surface area contributed by atoms with Crippen molar-refractivity contribution in [3.8, 4) is 0 Å². The van der Waals surface area contributed by atoms with E-state index in [0.29, 0.717) is 11.4 Å². The number of aromatic nitrogens is 2. The molecule has 5 heteroatoms. The molecule has 0 saturated heterocycles. The second-order valence-corrected chi connectivity index (χ2v) is 5.18. The minimum atomic E-state index is -0.263. The first kappa shape index (κ1) is 14.1. The third kappa shape index (κ3) is 3.17. The van der Waals surface area contributed by atoms with Crippen LogP contribution in [0.3, 0.4) is 0 Å². The molecule has 5 nitrogen and oxygen atoms in total. The predicted octanol–water partition coefficient (Wildman–Crippen LogP) is 2.79. The number of nitrogens with zero attached hydrogens (tertiary/aromatic N) is 2. The van der Waals surface area contributed by atoms with Crippen LogP contribution in [-0.4, -0.2) is 15.7 Å². The summed E-state index contributed by atoms with van der Waals surface area (Å²) in [5.41, 5.74) is 8.01. The second kappa shape index (κ2) is 5.77. The Morgan fingerprint density at radius 1 is 1.35 bits per heavy atom. The number of rotatable bonds is 4. The van der Waals surface area contributed by atoms with E-state index in [1.807, 2.05) is 45.2 Å². The zero-order valence-electron chi connectivity index (χ0n) is 12.0. The van der Waals surface area contributed by atoms with Gasteiger partial charge in [0.2, 0.25) is 5.91 Å². The number of nitrogen functional groups attached to an aromatic ring is 1. The van der Waals surface area contributed by atoms with E-state index in [0.717, 1.165) is 5.56 Å². The van der Waals surface area contributed by atoms with E-state index in [-0.39, 0.29) is 17.9 Å². The van der Waals surface area contributed by atoms with Crippen molar-refractivity contribution >= 4 is 17.3 Å². The SMILES string of the molecule is CC(C(=O)Nc1cnn(C(C)C)c1)c1cccc(N)c1. The maximum absolute atomic E-state index is 12.2. The van der Waals surface area contributed by atoms with Crippen molar-refractivity contribution in [3.05, 3.63) is 42.2 Å². The van der Waals surface area contributed by atoms with Gasteiger partial charge in [0.15, 0.2) is 0 Å². The molecule has 1 atom stereocenters. The molecular weight excluding hydrogens is 252 g/mol. The number of amides is 1. The summed E-state index contributed by atoms with van der Waals surface area (Å²) in [5.74, 6) is -0.334. The molecular formula is C15H20N4O. The number of nitrogens with two attached hydrogens (primary N) is 1. The zero-order chi connectivity index (χ0) is 14.7. The highest BCUT2D eigenvalue weighted by molar-refractivity contribution is 5.95. The maximum Gasteiger partial charge on any atom is 0.231 e. The molecule has 0 fully saturated rings. The summed E-state index contributed by atoms with van der Waals surface area (Å²) in [6.45, 7) is 5.93. The number of hydrogen-bond acceptors (Lipinski definition) is 3. The van der Waals surface area contributed by atoms with E-state index >= 15 is 0 Å². The highest BCUT2D eigenvalue weighted by atomic mass is 16.1. The summed E-state index contributed by atoms with van der Waals surface area (Å²) in [6, 6.07) is 7.65. The van der Waals surface area contributed by atoms with Crippen molar-refractivity contribution in [1.82, 2.24) is 9.78 Å². The van der Waals surface area contributed by atoms with Crippen LogP contribution in [0.25, 0.3) is 0 Å². The minimum Gasteiger partial charge on any atom is -0.399 e. The molecule has 1 aromatic heterocycles. The Kier molecular flexibility index (Phi) is 4.08. The van der Waals surface area contributed by atoms with Crippen molar-refractivity contribution in [1.29, 1.82) is 0 Å². The van der Waals surface area contributed by atoms with Crippen molar-refractivity contribution in [2.75, 3.05) is 11.1 Å². The van der Waals surface area contributed by atoms with Gasteiger partial charge in [-0.25, -0.2) is 0 Å². The van der Waals surface area contributed by atoms with Gasteiger partial charge in [0.25, 0.3) is 0 Å². The molecule has 0 aliphatic carbocycles. The molecule has 0 saturated carbocycles. The lowest BCUT2D eigenvalue weighted by Gasteiger charge is -2.12. The first-order chi connectivity index (χ1) is 9.47. The summed E-state index contributed by atoms with van der Waals surface area (Å²) < 4.78 is 1.81. The van der Waals surface area contributed by atoms with E-state index in [4.69, 9.17) is 5.73 Å². The fourth-order valence-corrected chi connectivity index (χ4v) is 1.92. The van der Waals surface area contributed by atoms with Crippen molar-refractivity contribution in [2.45, 2.75) is 32.7 Å². The summed E-state index contributed by atoms with van der Waals surface area (Å²) in [7, 11) is 0. The van der Waals surface area contributed by atoms with E-state index in [1.165, 1.54) is 0 Å². The average Bonchev–Trinajstić information content (AvgIpc) is 2.86. The molecule has 0 aliphatic heterocycles. The van der Waals surface area contributed by atoms with E-state index < -0.39 is 0 Å². The number of anilines is 2. The Morgan fingerprint density at radius 3 is 2.70 bits per heavy atom. The van der Waals surface area contributed by atoms with Crippen molar-refractivity contribution in [3.63, 3.8) is 0 Å². The second-order valence-electron chi connectivity index (χ2n) is 5.18. The fourth-order valence-electron chi connectivity index (χ4n) is 1.92. The first-order valence-electron chi connectivity index (χ1n) is 6.68. The quantitative estimate of drug-likeness (QED) is 0.840. The molecule has 2 rings (SSSR count). The van der Waals surface area contributed by atoms with Crippen LogP contribution in [0.4, 0.5) is 11.4 Å².